The van der Waals surface area contributed by atoms with Crippen molar-refractivity contribution in [1.82, 2.24) is 15.4 Å². The monoisotopic (exact) mass is 448 g/mol. The van der Waals surface area contributed by atoms with Crippen molar-refractivity contribution in [1.29, 1.82) is 0 Å². The highest BCUT2D eigenvalue weighted by Gasteiger charge is 2.22. The maximum atomic E-state index is 12.2. The molecule has 0 unspecified atom stereocenters. The molecule has 4 amide bonds. The van der Waals surface area contributed by atoms with Gasteiger partial charge in [-0.2, -0.15) is 0 Å². The van der Waals surface area contributed by atoms with Crippen LogP contribution in [0.1, 0.15) is 5.56 Å². The first-order valence-electron chi connectivity index (χ1n) is 8.92. The Morgan fingerprint density at radius 2 is 1.39 bits per heavy atom. The molecule has 2 rings (SSSR count). The highest BCUT2D eigenvalue weighted by Crippen LogP contribution is 2.14. The molecule has 0 bridgehead atoms. The molecule has 164 valence electrons. The number of aliphatic hydroxyl groups is 1. The third-order valence-corrected chi connectivity index (χ3v) is 5.10. The van der Waals surface area contributed by atoms with Crippen LogP contribution in [0.3, 0.4) is 0 Å². The van der Waals surface area contributed by atoms with E-state index in [0.717, 1.165) is 17.7 Å². The molecule has 31 heavy (non-hydrogen) atoms. The largest absolute Gasteiger partial charge is 0.395 e. The number of hydrogen-bond donors (Lipinski definition) is 5. The molecule has 0 aliphatic heterocycles. The predicted molar refractivity (Wildman–Crippen MR) is 109 cm³/mol. The van der Waals surface area contributed by atoms with Crippen molar-refractivity contribution in [2.45, 2.75) is 11.4 Å². The summed E-state index contributed by atoms with van der Waals surface area (Å²) in [6, 6.07) is 13.6. The van der Waals surface area contributed by atoms with Crippen LogP contribution >= 0.6 is 0 Å². The summed E-state index contributed by atoms with van der Waals surface area (Å²) >= 11 is 0. The van der Waals surface area contributed by atoms with E-state index in [4.69, 9.17) is 5.11 Å². The summed E-state index contributed by atoms with van der Waals surface area (Å²) in [5, 5.41) is 15.4. The maximum absolute atomic E-state index is 12.2. The molecule has 0 fully saturated rings. The van der Waals surface area contributed by atoms with Gasteiger partial charge in [0.1, 0.15) is 0 Å². The fraction of sp³-hybridized carbons (Fsp3) is 0.158. The highest BCUT2D eigenvalue weighted by molar-refractivity contribution is 7.90. The molecule has 0 aliphatic rings. The summed E-state index contributed by atoms with van der Waals surface area (Å²) in [5.74, 6) is -4.45. The van der Waals surface area contributed by atoms with Crippen LogP contribution in [0.4, 0.5) is 5.69 Å². The fourth-order valence-electron chi connectivity index (χ4n) is 2.24. The first-order valence-corrected chi connectivity index (χ1v) is 10.4. The van der Waals surface area contributed by atoms with Crippen LogP contribution in [0.15, 0.2) is 59.5 Å². The minimum atomic E-state index is -4.35. The molecule has 12 heteroatoms. The first-order chi connectivity index (χ1) is 14.7. The molecule has 0 radical (unpaired) electrons. The van der Waals surface area contributed by atoms with Crippen LogP contribution in [0.5, 0.6) is 0 Å². The van der Waals surface area contributed by atoms with Crippen LogP contribution < -0.4 is 20.7 Å². The van der Waals surface area contributed by atoms with Gasteiger partial charge in [-0.15, -0.1) is 0 Å². The van der Waals surface area contributed by atoms with Gasteiger partial charge in [0.15, 0.2) is 0 Å². The zero-order valence-electron chi connectivity index (χ0n) is 16.1. The Kier molecular flexibility index (Phi) is 8.23. The van der Waals surface area contributed by atoms with Gasteiger partial charge in [0, 0.05) is 18.8 Å². The second-order valence-electron chi connectivity index (χ2n) is 6.06. The van der Waals surface area contributed by atoms with Crippen molar-refractivity contribution >= 4 is 39.3 Å². The van der Waals surface area contributed by atoms with Crippen LogP contribution in [0.2, 0.25) is 0 Å². The quantitative estimate of drug-likeness (QED) is 0.333. The van der Waals surface area contributed by atoms with E-state index in [2.05, 4.69) is 10.6 Å². The Morgan fingerprint density at radius 1 is 0.774 bits per heavy atom. The third-order valence-electron chi connectivity index (χ3n) is 3.76. The van der Waals surface area contributed by atoms with Crippen molar-refractivity contribution in [3.63, 3.8) is 0 Å². The van der Waals surface area contributed by atoms with E-state index in [1.165, 1.54) is 12.1 Å². The van der Waals surface area contributed by atoms with Gasteiger partial charge in [-0.25, -0.2) is 13.1 Å². The summed E-state index contributed by atoms with van der Waals surface area (Å²) in [4.78, 5) is 46.5. The molecule has 0 heterocycles. The lowest BCUT2D eigenvalue weighted by Crippen LogP contribution is -2.43. The lowest BCUT2D eigenvalue weighted by atomic mass is 10.2. The molecular formula is C19H20N4O7S. The molecule has 11 nitrogen and oxygen atoms in total. The van der Waals surface area contributed by atoms with Gasteiger partial charge in [0.2, 0.25) is 0 Å². The van der Waals surface area contributed by atoms with Crippen molar-refractivity contribution < 1.29 is 32.7 Å². The van der Waals surface area contributed by atoms with Crippen molar-refractivity contribution in [3.8, 4) is 0 Å². The molecule has 0 saturated carbocycles. The number of amides is 4. The number of hydrogen-bond acceptors (Lipinski definition) is 7. The van der Waals surface area contributed by atoms with Gasteiger partial charge in [-0.05, 0) is 29.8 Å². The average molecular weight is 448 g/mol. The molecule has 2 aromatic carbocycles. The summed E-state index contributed by atoms with van der Waals surface area (Å²) in [5.41, 5.74) is 0.955. The number of benzene rings is 2. The van der Waals surface area contributed by atoms with Gasteiger partial charge in [0.05, 0.1) is 11.5 Å². The SMILES string of the molecule is O=C(NCc1ccccc1)C(=O)Nc1ccc(S(=O)(=O)NC(=O)C(=O)NCCO)cc1. The standard InChI is InChI=1S/C19H20N4O7S/c24-11-10-20-17(26)19(28)23-31(29,30)15-8-6-14(7-9-15)22-18(27)16(25)21-12-13-4-2-1-3-5-13/h1-9,24H,10-12H2,(H,20,26)(H,21,25)(H,22,27)(H,23,28). The Labute approximate surface area is 177 Å². The maximum Gasteiger partial charge on any atom is 0.322 e. The Balaban J connectivity index is 1.92. The summed E-state index contributed by atoms with van der Waals surface area (Å²) < 4.78 is 25.9. The van der Waals surface area contributed by atoms with Crippen molar-refractivity contribution in [2.24, 2.45) is 0 Å². The molecule has 0 spiro atoms. The molecule has 0 atom stereocenters. The second-order valence-corrected chi connectivity index (χ2v) is 7.74. The summed E-state index contributed by atoms with van der Waals surface area (Å²) in [6.45, 7) is -0.460. The smallest absolute Gasteiger partial charge is 0.322 e. The molecule has 2 aromatic rings. The molecule has 5 N–H and O–H groups in total. The normalized spacial score (nSPS) is 10.6. The summed E-state index contributed by atoms with van der Waals surface area (Å²) in [7, 11) is -4.35. The Bertz CT molecular complexity index is 1050. The van der Waals surface area contributed by atoms with Crippen LogP contribution in [-0.4, -0.2) is 50.3 Å². The highest BCUT2D eigenvalue weighted by atomic mass is 32.2. The van der Waals surface area contributed by atoms with E-state index in [1.807, 2.05) is 11.4 Å². The first kappa shape index (κ1) is 23.5. The predicted octanol–water partition coefficient (Wildman–Crippen LogP) is -1.15. The van der Waals surface area contributed by atoms with Crippen LogP contribution in [0.25, 0.3) is 0 Å². The zero-order chi connectivity index (χ0) is 22.9. The van der Waals surface area contributed by atoms with E-state index in [-0.39, 0.29) is 23.7 Å². The second kappa shape index (κ2) is 10.8. The number of sulfonamides is 1. The minimum Gasteiger partial charge on any atom is -0.395 e. The number of anilines is 1. The molecule has 0 aromatic heterocycles. The van der Waals surface area contributed by atoms with Gasteiger partial charge in [0.25, 0.3) is 10.0 Å². The molecule has 0 aliphatic carbocycles. The van der Waals surface area contributed by atoms with Gasteiger partial charge in [-0.3, -0.25) is 19.2 Å². The van der Waals surface area contributed by atoms with Crippen molar-refractivity contribution in [3.05, 3.63) is 60.2 Å². The van der Waals surface area contributed by atoms with E-state index in [0.29, 0.717) is 0 Å². The lowest BCUT2D eigenvalue weighted by molar-refractivity contribution is -0.138. The average Bonchev–Trinajstić information content (AvgIpc) is 2.76. The molecule has 0 saturated heterocycles. The Hall–Kier alpha value is -3.77. The third kappa shape index (κ3) is 7.21. The van der Waals surface area contributed by atoms with E-state index in [9.17, 15) is 27.6 Å². The van der Waals surface area contributed by atoms with Crippen molar-refractivity contribution in [2.75, 3.05) is 18.5 Å². The van der Waals surface area contributed by atoms with Gasteiger partial charge >= 0.3 is 23.6 Å². The zero-order valence-corrected chi connectivity index (χ0v) is 16.9. The van der Waals surface area contributed by atoms with E-state index in [1.54, 1.807) is 29.0 Å². The summed E-state index contributed by atoms with van der Waals surface area (Å²) in [6.07, 6.45) is 0. The Morgan fingerprint density at radius 3 is 2.00 bits per heavy atom. The van der Waals surface area contributed by atoms with E-state index >= 15 is 0 Å². The lowest BCUT2D eigenvalue weighted by Gasteiger charge is -2.09. The fourth-order valence-corrected chi connectivity index (χ4v) is 3.19. The van der Waals surface area contributed by atoms with Crippen LogP contribution in [-0.2, 0) is 35.7 Å². The number of rotatable bonds is 7. The van der Waals surface area contributed by atoms with Gasteiger partial charge in [-0.1, -0.05) is 30.3 Å². The van der Waals surface area contributed by atoms with E-state index < -0.39 is 40.3 Å². The van der Waals surface area contributed by atoms with Gasteiger partial charge < -0.3 is 21.1 Å². The number of carbonyl (C=O) groups is 4. The number of carbonyl (C=O) groups excluding carboxylic acids is 4. The molecular weight excluding hydrogens is 428 g/mol. The topological polar surface area (TPSA) is 171 Å². The minimum absolute atomic E-state index is 0.144. The number of nitrogens with one attached hydrogen (secondary N) is 4. The number of aliphatic hydroxyl groups excluding tert-OH is 1. The van der Waals surface area contributed by atoms with Crippen LogP contribution in [0, 0.1) is 0 Å².